The lowest BCUT2D eigenvalue weighted by Crippen LogP contribution is -2.40. The molecule has 0 fully saturated rings. The number of thiazole rings is 1. The van der Waals surface area contributed by atoms with Crippen molar-refractivity contribution in [2.45, 2.75) is 19.9 Å². The minimum Gasteiger partial charge on any atom is -0.462 e. The zero-order chi connectivity index (χ0) is 22.9. The van der Waals surface area contributed by atoms with Gasteiger partial charge in [-0.05, 0) is 43.7 Å². The van der Waals surface area contributed by atoms with Crippen LogP contribution < -0.4 is 20.2 Å². The number of carbonyl (C=O) groups is 1. The van der Waals surface area contributed by atoms with Crippen LogP contribution >= 0.6 is 11.3 Å². The molecule has 33 heavy (non-hydrogen) atoms. The number of furan rings is 1. The van der Waals surface area contributed by atoms with Gasteiger partial charge in [-0.1, -0.05) is 59.9 Å². The maximum atomic E-state index is 13.5. The molecule has 0 saturated heterocycles. The van der Waals surface area contributed by atoms with Gasteiger partial charge in [0.25, 0.3) is 11.5 Å². The number of nitrogens with zero attached hydrogens (tertiary/aromatic N) is 2. The maximum absolute atomic E-state index is 13.5. The molecule has 5 rings (SSSR count). The summed E-state index contributed by atoms with van der Waals surface area (Å²) in [6.07, 6.45) is 1.72. The van der Waals surface area contributed by atoms with Crippen LogP contribution in [-0.2, 0) is 4.79 Å². The Kier molecular flexibility index (Phi) is 5.40. The molecule has 0 unspecified atom stereocenters. The fourth-order valence-corrected chi connectivity index (χ4v) is 4.97. The van der Waals surface area contributed by atoms with Crippen LogP contribution in [0, 0.1) is 6.92 Å². The van der Waals surface area contributed by atoms with E-state index in [1.807, 2.05) is 86.6 Å². The molecule has 2 aromatic carbocycles. The van der Waals surface area contributed by atoms with Gasteiger partial charge in [0, 0.05) is 11.8 Å². The molecule has 0 saturated carbocycles. The van der Waals surface area contributed by atoms with Crippen molar-refractivity contribution in [2.24, 2.45) is 4.99 Å². The van der Waals surface area contributed by atoms with Gasteiger partial charge in [0.15, 0.2) is 4.80 Å². The first-order chi connectivity index (χ1) is 16.0. The second-order valence-electron chi connectivity index (χ2n) is 7.76. The zero-order valence-corrected chi connectivity index (χ0v) is 18.9. The molecule has 7 heteroatoms. The molecule has 0 bridgehead atoms. The Morgan fingerprint density at radius 1 is 1.03 bits per heavy atom. The highest BCUT2D eigenvalue weighted by Gasteiger charge is 2.32. The molecule has 6 nitrogen and oxygen atoms in total. The topological polar surface area (TPSA) is 76.6 Å². The third kappa shape index (κ3) is 3.99. The number of allylic oxidation sites excluding steroid dienone is 1. The second-order valence-corrected chi connectivity index (χ2v) is 8.77. The Labute approximate surface area is 193 Å². The highest BCUT2D eigenvalue weighted by molar-refractivity contribution is 7.07. The number of benzene rings is 2. The number of aryl methyl sites for hydroxylation is 1. The SMILES string of the molecule is CC1=C(C(=O)Nc2ccccc2)[C@H](c2ccccc2)n2c(s/c(=C\c3ccc(C)o3)c2=O)=N1. The Bertz CT molecular complexity index is 1540. The van der Waals surface area contributed by atoms with E-state index in [1.165, 1.54) is 11.3 Å². The quantitative estimate of drug-likeness (QED) is 0.509. The molecular weight excluding hydrogens is 434 g/mol. The second kappa shape index (κ2) is 8.52. The summed E-state index contributed by atoms with van der Waals surface area (Å²) in [7, 11) is 0. The summed E-state index contributed by atoms with van der Waals surface area (Å²) in [6.45, 7) is 3.66. The molecular formula is C26H21N3O3S. The van der Waals surface area contributed by atoms with E-state index >= 15 is 0 Å². The van der Waals surface area contributed by atoms with Crippen LogP contribution in [0.5, 0.6) is 0 Å². The van der Waals surface area contributed by atoms with Gasteiger partial charge in [0.1, 0.15) is 11.5 Å². The first kappa shape index (κ1) is 20.9. The number of rotatable bonds is 4. The van der Waals surface area contributed by atoms with E-state index < -0.39 is 6.04 Å². The van der Waals surface area contributed by atoms with Crippen LogP contribution in [0.4, 0.5) is 5.69 Å². The van der Waals surface area contributed by atoms with Gasteiger partial charge in [-0.2, -0.15) is 0 Å². The molecule has 4 aromatic rings. The van der Waals surface area contributed by atoms with Gasteiger partial charge in [0.05, 0.1) is 21.8 Å². The third-order valence-corrected chi connectivity index (χ3v) is 6.43. The number of aromatic nitrogens is 1. The molecule has 1 aliphatic heterocycles. The average molecular weight is 456 g/mol. The number of hydrogen-bond acceptors (Lipinski definition) is 5. The van der Waals surface area contributed by atoms with E-state index in [2.05, 4.69) is 10.3 Å². The maximum Gasteiger partial charge on any atom is 0.271 e. The molecule has 1 aliphatic rings. The van der Waals surface area contributed by atoms with Crippen LogP contribution in [0.15, 0.2) is 98.3 Å². The van der Waals surface area contributed by atoms with E-state index in [0.717, 1.165) is 11.3 Å². The monoisotopic (exact) mass is 455 g/mol. The number of hydrogen-bond donors (Lipinski definition) is 1. The van der Waals surface area contributed by atoms with Gasteiger partial charge in [0.2, 0.25) is 0 Å². The first-order valence-electron chi connectivity index (χ1n) is 10.5. The van der Waals surface area contributed by atoms with E-state index in [9.17, 15) is 9.59 Å². The summed E-state index contributed by atoms with van der Waals surface area (Å²) >= 11 is 1.29. The Morgan fingerprint density at radius 3 is 2.39 bits per heavy atom. The van der Waals surface area contributed by atoms with Crippen molar-refractivity contribution >= 4 is 29.0 Å². The highest BCUT2D eigenvalue weighted by Crippen LogP contribution is 2.30. The zero-order valence-electron chi connectivity index (χ0n) is 18.1. The molecule has 1 amide bonds. The lowest BCUT2D eigenvalue weighted by Gasteiger charge is -2.25. The van der Waals surface area contributed by atoms with Crippen LogP contribution in [-0.4, -0.2) is 10.5 Å². The Hall–Kier alpha value is -3.97. The summed E-state index contributed by atoms with van der Waals surface area (Å²) in [5, 5.41) is 2.95. The van der Waals surface area contributed by atoms with Crippen molar-refractivity contribution in [3.8, 4) is 0 Å². The van der Waals surface area contributed by atoms with Crippen molar-refractivity contribution in [2.75, 3.05) is 5.32 Å². The molecule has 0 spiro atoms. The summed E-state index contributed by atoms with van der Waals surface area (Å²) in [5.74, 6) is 1.09. The molecule has 1 N–H and O–H groups in total. The summed E-state index contributed by atoms with van der Waals surface area (Å²) in [5.41, 5.74) is 2.34. The lowest BCUT2D eigenvalue weighted by molar-refractivity contribution is -0.113. The normalized spacial score (nSPS) is 15.8. The van der Waals surface area contributed by atoms with Crippen molar-refractivity contribution in [1.29, 1.82) is 0 Å². The summed E-state index contributed by atoms with van der Waals surface area (Å²) in [4.78, 5) is 32.1. The number of amides is 1. The molecule has 164 valence electrons. The lowest BCUT2D eigenvalue weighted by atomic mass is 9.95. The number of para-hydroxylation sites is 1. The fraction of sp³-hybridized carbons (Fsp3) is 0.115. The van der Waals surface area contributed by atoms with Gasteiger partial charge >= 0.3 is 0 Å². The highest BCUT2D eigenvalue weighted by atomic mass is 32.1. The molecule has 2 aromatic heterocycles. The van der Waals surface area contributed by atoms with Crippen molar-refractivity contribution in [1.82, 2.24) is 4.57 Å². The fourth-order valence-electron chi connectivity index (χ4n) is 3.94. The molecule has 1 atom stereocenters. The minimum atomic E-state index is -0.591. The van der Waals surface area contributed by atoms with E-state index in [-0.39, 0.29) is 11.5 Å². The number of nitrogens with one attached hydrogen (secondary N) is 1. The number of carbonyl (C=O) groups excluding carboxylic acids is 1. The third-order valence-electron chi connectivity index (χ3n) is 5.45. The Morgan fingerprint density at radius 2 is 1.73 bits per heavy atom. The first-order valence-corrected chi connectivity index (χ1v) is 11.3. The van der Waals surface area contributed by atoms with Crippen LogP contribution in [0.25, 0.3) is 6.08 Å². The van der Waals surface area contributed by atoms with Crippen LogP contribution in [0.1, 0.15) is 30.0 Å². The van der Waals surface area contributed by atoms with E-state index in [0.29, 0.717) is 32.1 Å². The van der Waals surface area contributed by atoms with Crippen LogP contribution in [0.2, 0.25) is 0 Å². The van der Waals surface area contributed by atoms with Crippen molar-refractivity contribution in [3.05, 3.63) is 121 Å². The van der Waals surface area contributed by atoms with Gasteiger partial charge in [-0.15, -0.1) is 0 Å². The van der Waals surface area contributed by atoms with Gasteiger partial charge < -0.3 is 9.73 Å². The molecule has 0 radical (unpaired) electrons. The van der Waals surface area contributed by atoms with Crippen molar-refractivity contribution < 1.29 is 9.21 Å². The number of anilines is 1. The standard InChI is InChI=1S/C26H21N3O3S/c1-16-13-14-20(32-16)15-21-25(31)29-23(18-9-5-3-6-10-18)22(17(2)27-26(29)33-21)24(30)28-19-11-7-4-8-12-19/h3-15,23H,1-2H3,(H,28,30)/b21-15-/t23-/m0/s1. The number of fused-ring (bicyclic) bond motifs is 1. The smallest absolute Gasteiger partial charge is 0.271 e. The predicted molar refractivity (Wildman–Crippen MR) is 129 cm³/mol. The van der Waals surface area contributed by atoms with Gasteiger partial charge in [-0.3, -0.25) is 14.2 Å². The summed E-state index contributed by atoms with van der Waals surface area (Å²) < 4.78 is 7.74. The molecule has 0 aliphatic carbocycles. The van der Waals surface area contributed by atoms with Crippen molar-refractivity contribution in [3.63, 3.8) is 0 Å². The average Bonchev–Trinajstić information content (AvgIpc) is 3.36. The van der Waals surface area contributed by atoms with Gasteiger partial charge in [-0.25, -0.2) is 4.99 Å². The van der Waals surface area contributed by atoms with Crippen LogP contribution in [0.3, 0.4) is 0 Å². The summed E-state index contributed by atoms with van der Waals surface area (Å²) in [6, 6.07) is 21.9. The minimum absolute atomic E-state index is 0.209. The van der Waals surface area contributed by atoms with E-state index in [4.69, 9.17) is 4.42 Å². The largest absolute Gasteiger partial charge is 0.462 e. The van der Waals surface area contributed by atoms with E-state index in [1.54, 1.807) is 10.6 Å². The predicted octanol–water partition coefficient (Wildman–Crippen LogP) is 3.78. The Balaban J connectivity index is 1.67. The molecule has 3 heterocycles.